The lowest BCUT2D eigenvalue weighted by atomic mass is 10.1. The van der Waals surface area contributed by atoms with Crippen LogP contribution in [0, 0.1) is 5.82 Å². The maximum atomic E-state index is 14.7. The van der Waals surface area contributed by atoms with Gasteiger partial charge in [-0.05, 0) is 57.5 Å². The van der Waals surface area contributed by atoms with Crippen LogP contribution in [0.5, 0.6) is 5.75 Å². The van der Waals surface area contributed by atoms with E-state index >= 15 is 0 Å². The summed E-state index contributed by atoms with van der Waals surface area (Å²) in [6, 6.07) is 9.94. The first-order chi connectivity index (χ1) is 15.6. The fourth-order valence-electron chi connectivity index (χ4n) is 4.34. The van der Waals surface area contributed by atoms with Crippen molar-refractivity contribution in [3.63, 3.8) is 0 Å². The number of benzene rings is 2. The van der Waals surface area contributed by atoms with E-state index < -0.39 is 27.9 Å². The van der Waals surface area contributed by atoms with Crippen LogP contribution in [0.2, 0.25) is 0 Å². The molecule has 1 saturated heterocycles. The Morgan fingerprint density at radius 2 is 1.94 bits per heavy atom. The van der Waals surface area contributed by atoms with Crippen molar-refractivity contribution in [2.24, 2.45) is 0 Å². The molecule has 1 aromatic heterocycles. The number of para-hydroxylation sites is 1. The predicted octanol–water partition coefficient (Wildman–Crippen LogP) is 3.61. The highest BCUT2D eigenvalue weighted by atomic mass is 32.2. The van der Waals surface area contributed by atoms with Crippen molar-refractivity contribution in [3.05, 3.63) is 54.0 Å². The Bertz CT molecular complexity index is 1290. The van der Waals surface area contributed by atoms with Crippen molar-refractivity contribution in [2.75, 3.05) is 6.54 Å². The summed E-state index contributed by atoms with van der Waals surface area (Å²) in [5, 5.41) is 14.0. The first-order valence-electron chi connectivity index (χ1n) is 10.7. The van der Waals surface area contributed by atoms with E-state index in [1.165, 1.54) is 33.3 Å². The van der Waals surface area contributed by atoms with E-state index in [1.54, 1.807) is 25.1 Å². The van der Waals surface area contributed by atoms with Gasteiger partial charge in [-0.2, -0.15) is 9.40 Å². The van der Waals surface area contributed by atoms with Crippen LogP contribution in [0.3, 0.4) is 0 Å². The number of ether oxygens (including phenoxy) is 1. The van der Waals surface area contributed by atoms with Crippen molar-refractivity contribution >= 4 is 26.9 Å². The van der Waals surface area contributed by atoms with Crippen LogP contribution >= 0.6 is 0 Å². The van der Waals surface area contributed by atoms with Gasteiger partial charge in [-0.3, -0.25) is 9.48 Å². The molecule has 8 nitrogen and oxygen atoms in total. The molecule has 0 saturated carbocycles. The highest BCUT2D eigenvalue weighted by molar-refractivity contribution is 7.89. The number of aromatic nitrogens is 2. The number of carboxylic acids is 1. The monoisotopic (exact) mass is 475 g/mol. The summed E-state index contributed by atoms with van der Waals surface area (Å²) >= 11 is 0. The zero-order valence-corrected chi connectivity index (χ0v) is 19.4. The van der Waals surface area contributed by atoms with Crippen LogP contribution in [0.25, 0.3) is 10.9 Å². The Kier molecular flexibility index (Phi) is 6.15. The van der Waals surface area contributed by atoms with E-state index in [0.717, 1.165) is 0 Å². The summed E-state index contributed by atoms with van der Waals surface area (Å²) < 4.78 is 49.8. The number of aliphatic carboxylic acids is 1. The molecule has 4 rings (SSSR count). The summed E-state index contributed by atoms with van der Waals surface area (Å²) in [5.41, 5.74) is 0.451. The molecule has 0 bridgehead atoms. The lowest BCUT2D eigenvalue weighted by Crippen LogP contribution is -2.34. The van der Waals surface area contributed by atoms with E-state index in [4.69, 9.17) is 4.74 Å². The average Bonchev–Trinajstić information content (AvgIpc) is 3.30. The molecule has 0 amide bonds. The van der Waals surface area contributed by atoms with Crippen molar-refractivity contribution in [1.29, 1.82) is 0 Å². The quantitative estimate of drug-likeness (QED) is 0.560. The van der Waals surface area contributed by atoms with E-state index in [-0.39, 0.29) is 41.2 Å². The minimum Gasteiger partial charge on any atom is -0.491 e. The molecule has 2 atom stereocenters. The number of sulfonamides is 1. The number of halogens is 1. The fraction of sp³-hybridized carbons (Fsp3) is 0.391. The van der Waals surface area contributed by atoms with Crippen molar-refractivity contribution in [1.82, 2.24) is 14.1 Å². The molecule has 176 valence electrons. The molecular weight excluding hydrogens is 449 g/mol. The minimum absolute atomic E-state index is 0.0258. The topological polar surface area (TPSA) is 102 Å². The van der Waals surface area contributed by atoms with Gasteiger partial charge in [-0.25, -0.2) is 12.8 Å². The first kappa shape index (κ1) is 23.2. The van der Waals surface area contributed by atoms with Crippen LogP contribution in [0.15, 0.2) is 47.4 Å². The summed E-state index contributed by atoms with van der Waals surface area (Å²) in [5.74, 6) is -1.01. The lowest BCUT2D eigenvalue weighted by molar-refractivity contribution is -0.136. The third-order valence-corrected chi connectivity index (χ3v) is 7.71. The molecule has 0 spiro atoms. The standard InChI is InChI=1S/C23H26FN3O5S/c1-14(2)32-17-7-9-18(10-8-17)33(30,31)26-13-16(11-15(26)3)27-23-19(5-4-6-20(23)24)21(25-27)12-22(28)29/h4-10,14-16H,11-13H2,1-3H3,(H,28,29)/t15-,16+/m0/s1. The number of fused-ring (bicyclic) bond motifs is 1. The number of hydrogen-bond donors (Lipinski definition) is 1. The van der Waals surface area contributed by atoms with Crippen molar-refractivity contribution in [2.45, 2.75) is 56.7 Å². The highest BCUT2D eigenvalue weighted by Gasteiger charge is 2.40. The second kappa shape index (κ2) is 8.75. The number of hydrogen-bond acceptors (Lipinski definition) is 5. The first-order valence-corrected chi connectivity index (χ1v) is 12.2. The van der Waals surface area contributed by atoms with Gasteiger partial charge in [0.05, 0.1) is 29.2 Å². The van der Waals surface area contributed by atoms with E-state index in [0.29, 0.717) is 17.6 Å². The number of carboxylic acid groups (broad SMARTS) is 1. The largest absolute Gasteiger partial charge is 0.491 e. The molecule has 1 N–H and O–H groups in total. The van der Waals surface area contributed by atoms with E-state index in [1.807, 2.05) is 13.8 Å². The maximum Gasteiger partial charge on any atom is 0.309 e. The Morgan fingerprint density at radius 1 is 1.24 bits per heavy atom. The summed E-state index contributed by atoms with van der Waals surface area (Å²) in [6.07, 6.45) is 0.0510. The van der Waals surface area contributed by atoms with Gasteiger partial charge >= 0.3 is 5.97 Å². The third-order valence-electron chi connectivity index (χ3n) is 5.72. The average molecular weight is 476 g/mol. The third kappa shape index (κ3) is 4.45. The molecular formula is C23H26FN3O5S. The smallest absolute Gasteiger partial charge is 0.309 e. The Balaban J connectivity index is 1.65. The van der Waals surface area contributed by atoms with Crippen LogP contribution in [-0.2, 0) is 21.2 Å². The molecule has 1 aliphatic rings. The van der Waals surface area contributed by atoms with Crippen LogP contribution in [0.1, 0.15) is 38.9 Å². The van der Waals surface area contributed by atoms with Crippen LogP contribution < -0.4 is 4.74 Å². The van der Waals surface area contributed by atoms with Crippen molar-refractivity contribution < 1.29 is 27.4 Å². The highest BCUT2D eigenvalue weighted by Crippen LogP contribution is 2.35. The second-order valence-electron chi connectivity index (χ2n) is 8.55. The number of rotatable bonds is 7. The Morgan fingerprint density at radius 3 is 2.58 bits per heavy atom. The molecule has 2 heterocycles. The van der Waals surface area contributed by atoms with Crippen molar-refractivity contribution in [3.8, 4) is 5.75 Å². The SMILES string of the molecule is CC(C)Oc1ccc(S(=O)(=O)N2C[C@H](n3nc(CC(=O)O)c4cccc(F)c43)C[C@@H]2C)cc1. The van der Waals surface area contributed by atoms with Gasteiger partial charge in [0, 0.05) is 18.0 Å². The minimum atomic E-state index is -3.80. The van der Waals surface area contributed by atoms with Gasteiger partial charge in [-0.1, -0.05) is 12.1 Å². The van der Waals surface area contributed by atoms with Gasteiger partial charge < -0.3 is 9.84 Å². The molecule has 10 heteroatoms. The van der Waals surface area contributed by atoms with Gasteiger partial charge in [0.25, 0.3) is 0 Å². The number of nitrogens with zero attached hydrogens (tertiary/aromatic N) is 3. The molecule has 3 aromatic rings. The zero-order chi connectivity index (χ0) is 23.9. The lowest BCUT2D eigenvalue weighted by Gasteiger charge is -2.21. The van der Waals surface area contributed by atoms with Crippen LogP contribution in [-0.4, -0.2) is 52.3 Å². The van der Waals surface area contributed by atoms with E-state index in [9.17, 15) is 22.7 Å². The zero-order valence-electron chi connectivity index (χ0n) is 18.6. The van der Waals surface area contributed by atoms with Gasteiger partial charge in [0.1, 0.15) is 17.1 Å². The van der Waals surface area contributed by atoms with E-state index in [2.05, 4.69) is 5.10 Å². The Hall–Kier alpha value is -2.98. The second-order valence-corrected chi connectivity index (χ2v) is 10.4. The maximum absolute atomic E-state index is 14.7. The normalized spacial score (nSPS) is 19.4. The molecule has 33 heavy (non-hydrogen) atoms. The van der Waals surface area contributed by atoms with Crippen LogP contribution in [0.4, 0.5) is 4.39 Å². The molecule has 0 unspecified atom stereocenters. The Labute approximate surface area is 191 Å². The summed E-state index contributed by atoms with van der Waals surface area (Å²) in [7, 11) is -3.80. The fourth-order valence-corrected chi connectivity index (χ4v) is 6.02. The predicted molar refractivity (Wildman–Crippen MR) is 120 cm³/mol. The van der Waals surface area contributed by atoms with Gasteiger partial charge in [-0.15, -0.1) is 0 Å². The molecule has 1 fully saturated rings. The summed E-state index contributed by atoms with van der Waals surface area (Å²) in [6.45, 7) is 5.68. The summed E-state index contributed by atoms with van der Waals surface area (Å²) in [4.78, 5) is 11.4. The number of carbonyl (C=O) groups is 1. The molecule has 2 aromatic carbocycles. The van der Waals surface area contributed by atoms with Gasteiger partial charge in [0.2, 0.25) is 10.0 Å². The molecule has 1 aliphatic heterocycles. The molecule has 0 aliphatic carbocycles. The van der Waals surface area contributed by atoms with Gasteiger partial charge in [0.15, 0.2) is 0 Å². The molecule has 0 radical (unpaired) electrons.